The summed E-state index contributed by atoms with van der Waals surface area (Å²) in [6.45, 7) is 28.1. The van der Waals surface area contributed by atoms with Gasteiger partial charge in [0.25, 0.3) is 0 Å². The third-order valence-corrected chi connectivity index (χ3v) is 12.2. The summed E-state index contributed by atoms with van der Waals surface area (Å²) < 4.78 is 24.1. The van der Waals surface area contributed by atoms with Gasteiger partial charge in [-0.2, -0.15) is 5.26 Å². The van der Waals surface area contributed by atoms with Crippen LogP contribution in [0.25, 0.3) is 71.9 Å². The van der Waals surface area contributed by atoms with Crippen molar-refractivity contribution in [3.8, 4) is 34.3 Å². The first kappa shape index (κ1) is 47.0. The average Bonchev–Trinajstić information content (AvgIpc) is 3.79. The van der Waals surface area contributed by atoms with Crippen LogP contribution in [0, 0.1) is 36.2 Å². The van der Waals surface area contributed by atoms with Gasteiger partial charge in [-0.25, -0.2) is 4.39 Å². The molecule has 5 aromatic carbocycles. The van der Waals surface area contributed by atoms with Crippen LogP contribution in [-0.4, -0.2) is 14.5 Å². The summed E-state index contributed by atoms with van der Waals surface area (Å²) in [4.78, 5) is 9.07. The Morgan fingerprint density at radius 3 is 1.72 bits per heavy atom. The minimum atomic E-state index is -0.334. The van der Waals surface area contributed by atoms with Crippen LogP contribution in [0.1, 0.15) is 116 Å². The zero-order valence-electron chi connectivity index (χ0n) is 39.8. The molecule has 333 valence electrons. The third kappa shape index (κ3) is 8.92. The number of hydrogen-bond acceptors (Lipinski definition) is 4. The molecule has 5 nitrogen and oxygen atoms in total. The Labute approximate surface area is 397 Å². The molecule has 0 saturated heterocycles. The average molecular weight is 1040 g/mol. The van der Waals surface area contributed by atoms with Gasteiger partial charge >= 0.3 is 0 Å². The van der Waals surface area contributed by atoms with Gasteiger partial charge in [-0.1, -0.05) is 136 Å². The van der Waals surface area contributed by atoms with Gasteiger partial charge in [0, 0.05) is 54.2 Å². The Kier molecular flexibility index (Phi) is 12.4. The van der Waals surface area contributed by atoms with Crippen molar-refractivity contribution in [1.82, 2.24) is 14.5 Å². The molecule has 0 bridgehead atoms. The van der Waals surface area contributed by atoms with Gasteiger partial charge in [0.15, 0.2) is 0 Å². The number of aryl methyl sites for hydroxylation is 1. The molecule has 0 aliphatic carbocycles. The molecule has 0 aliphatic rings. The number of furan rings is 1. The van der Waals surface area contributed by atoms with Crippen LogP contribution in [0.3, 0.4) is 0 Å². The van der Waals surface area contributed by atoms with Gasteiger partial charge in [0.05, 0.1) is 22.2 Å². The fourth-order valence-electron chi connectivity index (χ4n) is 8.34. The maximum atomic E-state index is 14.9. The number of benzene rings is 5. The monoisotopic (exact) mass is 1040 g/mol. The predicted molar refractivity (Wildman–Crippen MR) is 263 cm³/mol. The van der Waals surface area contributed by atoms with E-state index in [0.717, 1.165) is 49.4 Å². The molecule has 9 aromatic rings. The topological polar surface area (TPSA) is 67.6 Å². The summed E-state index contributed by atoms with van der Waals surface area (Å²) in [5, 5.41) is 14.7. The minimum Gasteiger partial charge on any atom is -0.498 e. The largest absolute Gasteiger partial charge is 0.498 e. The number of halogens is 1. The van der Waals surface area contributed by atoms with Crippen molar-refractivity contribution in [2.75, 3.05) is 0 Å². The van der Waals surface area contributed by atoms with Crippen LogP contribution in [0.5, 0.6) is 0 Å². The van der Waals surface area contributed by atoms with E-state index in [0.29, 0.717) is 39.2 Å². The van der Waals surface area contributed by atoms with Gasteiger partial charge in [0.1, 0.15) is 23.2 Å². The molecule has 0 N–H and O–H groups in total. The van der Waals surface area contributed by atoms with Crippen LogP contribution < -0.4 is 0 Å². The molecular formula is C58H57FIrN4O-2. The van der Waals surface area contributed by atoms with Gasteiger partial charge in [-0.05, 0) is 80.9 Å². The number of rotatable bonds is 3. The second kappa shape index (κ2) is 17.1. The molecule has 0 amide bonds. The normalized spacial score (nSPS) is 12.3. The van der Waals surface area contributed by atoms with Gasteiger partial charge in [-0.15, -0.1) is 53.6 Å². The van der Waals surface area contributed by atoms with Crippen LogP contribution in [-0.2, 0) is 41.8 Å². The van der Waals surface area contributed by atoms with E-state index in [4.69, 9.17) is 4.42 Å². The van der Waals surface area contributed by atoms with Crippen LogP contribution in [0.2, 0.25) is 0 Å². The molecule has 9 rings (SSSR count). The molecule has 1 radical (unpaired) electrons. The first-order valence-corrected chi connectivity index (χ1v) is 22.1. The van der Waals surface area contributed by atoms with Crippen molar-refractivity contribution in [3.63, 3.8) is 0 Å². The molecular weight excluding hydrogens is 980 g/mol. The fourth-order valence-corrected chi connectivity index (χ4v) is 8.34. The molecule has 4 aromatic heterocycles. The SMILES string of the molecule is CC(C)(C)c1ccc(-c2[c-]cccc2)nc1.Cc1cnc(-c2[c-]cc(C(C)(C)C)c3c2oc2c(-n4c5cc(C(C)(C)C)ccc5c5ccc(C(C)(C)C)cc54)c(C#N)ccc23)cc1F.[Ir]. The van der Waals surface area contributed by atoms with E-state index < -0.39 is 0 Å². The number of hydrogen-bond donors (Lipinski definition) is 0. The molecule has 4 heterocycles. The Morgan fingerprint density at radius 1 is 0.631 bits per heavy atom. The quantitative estimate of drug-likeness (QED) is 0.165. The molecule has 7 heteroatoms. The molecule has 0 spiro atoms. The Balaban J connectivity index is 0.000000313. The van der Waals surface area contributed by atoms with E-state index in [1.54, 1.807) is 13.1 Å². The maximum Gasteiger partial charge on any atom is 0.146 e. The summed E-state index contributed by atoms with van der Waals surface area (Å²) in [5.41, 5.74) is 12.4. The van der Waals surface area contributed by atoms with Gasteiger partial charge < -0.3 is 19.0 Å². The van der Waals surface area contributed by atoms with E-state index in [1.807, 2.05) is 48.7 Å². The van der Waals surface area contributed by atoms with Crippen LogP contribution >= 0.6 is 0 Å². The van der Waals surface area contributed by atoms with E-state index in [9.17, 15) is 9.65 Å². The summed E-state index contributed by atoms with van der Waals surface area (Å²) in [6.07, 6.45) is 3.50. The third-order valence-electron chi connectivity index (χ3n) is 12.2. The summed E-state index contributed by atoms with van der Waals surface area (Å²) >= 11 is 0. The molecule has 0 atom stereocenters. The van der Waals surface area contributed by atoms with Crippen molar-refractivity contribution in [1.29, 1.82) is 5.26 Å². The fraction of sp³-hybridized carbons (Fsp3) is 0.293. The first-order valence-electron chi connectivity index (χ1n) is 22.1. The molecule has 0 fully saturated rings. The van der Waals surface area contributed by atoms with E-state index in [1.165, 1.54) is 22.8 Å². The van der Waals surface area contributed by atoms with E-state index in [-0.39, 0.29) is 47.6 Å². The van der Waals surface area contributed by atoms with Crippen molar-refractivity contribution < 1.29 is 28.9 Å². The standard InChI is InChI=1S/C43H41FN3O.C15H16N.Ir/c1-24-23-46-34(21-33(24)44)30-17-18-32(43(8,9)10)37-31-14-11-25(22-45)38(40(31)48-39(30)37)47-35-19-26(41(2,3)4)12-15-28(35)29-16-13-27(20-36(29)47)42(5,6)7;1-15(2,3)13-9-10-14(16-11-13)12-7-5-4-6-8-12;/h11-16,18-21,23H,1-10H3;4-7,9-11H,1-3H3;/q2*-1;. The number of pyridine rings is 2. The van der Waals surface area contributed by atoms with Crippen LogP contribution in [0.15, 0.2) is 114 Å². The zero-order chi connectivity index (χ0) is 46.1. The summed E-state index contributed by atoms with van der Waals surface area (Å²) in [7, 11) is 0. The number of nitriles is 1. The van der Waals surface area contributed by atoms with Crippen LogP contribution in [0.4, 0.5) is 4.39 Å². The Hall–Kier alpha value is -5.93. The van der Waals surface area contributed by atoms with Crippen molar-refractivity contribution in [2.24, 2.45) is 0 Å². The van der Waals surface area contributed by atoms with E-state index >= 15 is 0 Å². The second-order valence-corrected chi connectivity index (χ2v) is 21.2. The number of nitrogens with zero attached hydrogens (tertiary/aromatic N) is 4. The van der Waals surface area contributed by atoms with Gasteiger partial charge in [-0.3, -0.25) is 0 Å². The summed E-state index contributed by atoms with van der Waals surface area (Å²) in [5.74, 6) is -0.334. The molecule has 0 unspecified atom stereocenters. The van der Waals surface area contributed by atoms with Gasteiger partial charge in [0.2, 0.25) is 0 Å². The molecule has 0 aliphatic heterocycles. The Morgan fingerprint density at radius 2 is 1.22 bits per heavy atom. The smallest absolute Gasteiger partial charge is 0.146 e. The minimum absolute atomic E-state index is 0. The molecule has 0 saturated carbocycles. The zero-order valence-corrected chi connectivity index (χ0v) is 42.2. The number of aromatic nitrogens is 3. The maximum absolute atomic E-state index is 14.9. The first-order chi connectivity index (χ1) is 30.1. The molecule has 65 heavy (non-hydrogen) atoms. The van der Waals surface area contributed by atoms with Crippen molar-refractivity contribution in [3.05, 3.63) is 161 Å². The predicted octanol–water partition coefficient (Wildman–Crippen LogP) is 15.6. The van der Waals surface area contributed by atoms with Crippen molar-refractivity contribution >= 4 is 43.7 Å². The second-order valence-electron chi connectivity index (χ2n) is 21.2. The Bertz CT molecular complexity index is 3200. The summed E-state index contributed by atoms with van der Waals surface area (Å²) in [6, 6.07) is 41.9. The van der Waals surface area contributed by atoms with Crippen molar-refractivity contribution in [2.45, 2.75) is 112 Å². The number of fused-ring (bicyclic) bond motifs is 6. The van der Waals surface area contributed by atoms with E-state index in [2.05, 4.69) is 164 Å².